The summed E-state index contributed by atoms with van der Waals surface area (Å²) in [5.41, 5.74) is -0.529. The van der Waals surface area contributed by atoms with Crippen LogP contribution >= 0.6 is 0 Å². The maximum atomic E-state index is 14.3. The normalized spacial score (nSPS) is 12.6. The van der Waals surface area contributed by atoms with Crippen LogP contribution in [-0.4, -0.2) is 38.2 Å². The number of imidazole rings is 1. The average Bonchev–Trinajstić information content (AvgIpc) is 2.98. The molecule has 144 valence electrons. The Hall–Kier alpha value is -2.75. The van der Waals surface area contributed by atoms with Gasteiger partial charge >= 0.3 is 6.18 Å². The molecule has 6 nitrogen and oxygen atoms in total. The smallest absolute Gasteiger partial charge is 0.427 e. The summed E-state index contributed by atoms with van der Waals surface area (Å²) < 4.78 is 64.5. The number of fused-ring (bicyclic) bond motifs is 1. The van der Waals surface area contributed by atoms with Gasteiger partial charge in [0.15, 0.2) is 11.4 Å². The second kappa shape index (κ2) is 6.76. The molecule has 0 atom stereocenters. The van der Waals surface area contributed by atoms with Crippen LogP contribution in [0.25, 0.3) is 16.8 Å². The fourth-order valence-corrected chi connectivity index (χ4v) is 2.30. The molecule has 0 fully saturated rings. The van der Waals surface area contributed by atoms with Crippen LogP contribution in [0.3, 0.4) is 0 Å². The molecule has 0 radical (unpaired) electrons. The third kappa shape index (κ3) is 3.70. The lowest BCUT2D eigenvalue weighted by molar-refractivity contribution is -0.235. The standard InChI is InChI=1S/C17H16F4N4O2/c1-16(2,17(19,20)21)27-15-11(18)4-10(6-22-15)12-5-14-13(7-26-3)24-9-25(14)8-23-12/h4-6,8-9H,7H2,1-3H3. The lowest BCUT2D eigenvalue weighted by Gasteiger charge is -2.28. The minimum Gasteiger partial charge on any atom is -0.460 e. The maximum absolute atomic E-state index is 14.3. The van der Waals surface area contributed by atoms with E-state index in [0.717, 1.165) is 19.9 Å². The predicted molar refractivity (Wildman–Crippen MR) is 87.7 cm³/mol. The number of methoxy groups -OCH3 is 1. The molecular weight excluding hydrogens is 368 g/mol. The molecule has 3 aromatic heterocycles. The zero-order valence-corrected chi connectivity index (χ0v) is 14.7. The molecule has 0 saturated heterocycles. The molecule has 0 aliphatic rings. The van der Waals surface area contributed by atoms with Gasteiger partial charge in [-0.15, -0.1) is 0 Å². The van der Waals surface area contributed by atoms with Crippen LogP contribution in [0.5, 0.6) is 5.88 Å². The third-order valence-corrected chi connectivity index (χ3v) is 3.93. The summed E-state index contributed by atoms with van der Waals surface area (Å²) >= 11 is 0. The van der Waals surface area contributed by atoms with Gasteiger partial charge in [-0.25, -0.2) is 19.3 Å². The van der Waals surface area contributed by atoms with Gasteiger partial charge in [-0.05, 0) is 26.0 Å². The summed E-state index contributed by atoms with van der Waals surface area (Å²) in [6.45, 7) is 1.88. The van der Waals surface area contributed by atoms with Crippen molar-refractivity contribution in [2.24, 2.45) is 0 Å². The van der Waals surface area contributed by atoms with Crippen molar-refractivity contribution in [3.8, 4) is 17.1 Å². The molecule has 3 heterocycles. The van der Waals surface area contributed by atoms with E-state index in [1.165, 1.54) is 19.6 Å². The van der Waals surface area contributed by atoms with Crippen molar-refractivity contribution < 1.29 is 27.0 Å². The molecule has 0 aliphatic carbocycles. The molecule has 0 aliphatic heterocycles. The van der Waals surface area contributed by atoms with Gasteiger partial charge in [0.05, 0.1) is 23.5 Å². The maximum Gasteiger partial charge on any atom is 0.427 e. The summed E-state index contributed by atoms with van der Waals surface area (Å²) in [6.07, 6.45) is -0.413. The lowest BCUT2D eigenvalue weighted by Crippen LogP contribution is -2.45. The fourth-order valence-electron chi connectivity index (χ4n) is 2.30. The summed E-state index contributed by atoms with van der Waals surface area (Å²) in [7, 11) is 1.54. The number of nitrogens with zero attached hydrogens (tertiary/aromatic N) is 4. The molecule has 0 amide bonds. The van der Waals surface area contributed by atoms with Gasteiger partial charge in [0.25, 0.3) is 5.88 Å². The molecular formula is C17H16F4N4O2. The third-order valence-electron chi connectivity index (χ3n) is 3.93. The van der Waals surface area contributed by atoms with Crippen LogP contribution in [-0.2, 0) is 11.3 Å². The second-order valence-corrected chi connectivity index (χ2v) is 6.31. The Morgan fingerprint density at radius 2 is 1.78 bits per heavy atom. The highest BCUT2D eigenvalue weighted by Crippen LogP contribution is 2.35. The molecule has 27 heavy (non-hydrogen) atoms. The van der Waals surface area contributed by atoms with Gasteiger partial charge < -0.3 is 9.47 Å². The van der Waals surface area contributed by atoms with E-state index in [9.17, 15) is 17.6 Å². The minimum atomic E-state index is -4.67. The Morgan fingerprint density at radius 1 is 1.07 bits per heavy atom. The summed E-state index contributed by atoms with van der Waals surface area (Å²) in [5.74, 6) is -1.75. The molecule has 10 heteroatoms. The molecule has 0 saturated carbocycles. The molecule has 3 rings (SSSR count). The molecule has 3 aromatic rings. The summed E-state index contributed by atoms with van der Waals surface area (Å²) in [4.78, 5) is 12.1. The predicted octanol–water partition coefficient (Wildman–Crippen LogP) is 3.80. The highest BCUT2D eigenvalue weighted by molar-refractivity contribution is 5.66. The Bertz CT molecular complexity index is 969. The number of ether oxygens (including phenoxy) is 2. The SMILES string of the molecule is COCc1ncn2cnc(-c3cnc(OC(C)(C)C(F)(F)F)c(F)c3)cc12. The Labute approximate surface area is 151 Å². The average molecular weight is 384 g/mol. The van der Waals surface area contributed by atoms with Crippen LogP contribution in [0.2, 0.25) is 0 Å². The minimum absolute atomic E-state index is 0.284. The number of rotatable bonds is 5. The van der Waals surface area contributed by atoms with Crippen LogP contribution in [0.15, 0.2) is 31.0 Å². The van der Waals surface area contributed by atoms with Crippen molar-refractivity contribution in [3.63, 3.8) is 0 Å². The van der Waals surface area contributed by atoms with Crippen molar-refractivity contribution in [1.82, 2.24) is 19.4 Å². The van der Waals surface area contributed by atoms with Crippen molar-refractivity contribution in [2.45, 2.75) is 32.2 Å². The largest absolute Gasteiger partial charge is 0.460 e. The van der Waals surface area contributed by atoms with Crippen molar-refractivity contribution in [2.75, 3.05) is 7.11 Å². The van der Waals surface area contributed by atoms with E-state index in [-0.39, 0.29) is 12.2 Å². The number of hydrogen-bond acceptors (Lipinski definition) is 5. The van der Waals surface area contributed by atoms with Gasteiger partial charge in [-0.2, -0.15) is 13.2 Å². The first-order valence-electron chi connectivity index (χ1n) is 7.84. The molecule has 0 spiro atoms. The zero-order chi connectivity index (χ0) is 19.8. The van der Waals surface area contributed by atoms with Gasteiger partial charge in [-0.1, -0.05) is 0 Å². The first kappa shape index (κ1) is 19.0. The van der Waals surface area contributed by atoms with Gasteiger partial charge in [-0.3, -0.25) is 4.40 Å². The molecule has 0 bridgehead atoms. The van der Waals surface area contributed by atoms with Crippen LogP contribution in [0.1, 0.15) is 19.5 Å². The van der Waals surface area contributed by atoms with E-state index in [0.29, 0.717) is 16.9 Å². The second-order valence-electron chi connectivity index (χ2n) is 6.31. The first-order valence-corrected chi connectivity index (χ1v) is 7.84. The zero-order valence-electron chi connectivity index (χ0n) is 14.7. The van der Waals surface area contributed by atoms with Crippen LogP contribution in [0.4, 0.5) is 17.6 Å². The van der Waals surface area contributed by atoms with E-state index < -0.39 is 23.5 Å². The van der Waals surface area contributed by atoms with Crippen LogP contribution < -0.4 is 4.74 Å². The highest BCUT2D eigenvalue weighted by atomic mass is 19.4. The van der Waals surface area contributed by atoms with E-state index in [1.807, 2.05) is 0 Å². The Kier molecular flexibility index (Phi) is 4.77. The summed E-state index contributed by atoms with van der Waals surface area (Å²) in [6, 6.07) is 2.69. The van der Waals surface area contributed by atoms with Crippen molar-refractivity contribution >= 4 is 5.52 Å². The van der Waals surface area contributed by atoms with E-state index in [4.69, 9.17) is 9.47 Å². The van der Waals surface area contributed by atoms with Crippen LogP contribution in [0, 0.1) is 5.82 Å². The molecule has 0 unspecified atom stereocenters. The quantitative estimate of drug-likeness (QED) is 0.627. The monoisotopic (exact) mass is 384 g/mol. The molecule has 0 N–H and O–H groups in total. The number of hydrogen-bond donors (Lipinski definition) is 0. The number of aromatic nitrogens is 4. The number of pyridine rings is 1. The van der Waals surface area contributed by atoms with Gasteiger partial charge in [0.2, 0.25) is 0 Å². The molecule has 0 aromatic carbocycles. The van der Waals surface area contributed by atoms with Gasteiger partial charge in [0.1, 0.15) is 12.7 Å². The fraction of sp³-hybridized carbons (Fsp3) is 0.353. The summed E-state index contributed by atoms with van der Waals surface area (Å²) in [5, 5.41) is 0. The van der Waals surface area contributed by atoms with E-state index >= 15 is 0 Å². The topological polar surface area (TPSA) is 61.5 Å². The first-order chi connectivity index (χ1) is 12.6. The Morgan fingerprint density at radius 3 is 2.41 bits per heavy atom. The highest BCUT2D eigenvalue weighted by Gasteiger charge is 2.50. The van der Waals surface area contributed by atoms with E-state index in [1.54, 1.807) is 16.8 Å². The van der Waals surface area contributed by atoms with E-state index in [2.05, 4.69) is 15.0 Å². The van der Waals surface area contributed by atoms with Crippen molar-refractivity contribution in [3.05, 3.63) is 42.5 Å². The number of halogens is 4. The number of alkyl halides is 3. The van der Waals surface area contributed by atoms with Gasteiger partial charge in [0, 0.05) is 18.9 Å². The van der Waals surface area contributed by atoms with Crippen molar-refractivity contribution in [1.29, 1.82) is 0 Å². The lowest BCUT2D eigenvalue weighted by atomic mass is 10.1. The Balaban J connectivity index is 1.94.